The van der Waals surface area contributed by atoms with Gasteiger partial charge in [0.1, 0.15) is 5.75 Å². The first-order chi connectivity index (χ1) is 15.0. The van der Waals surface area contributed by atoms with Crippen LogP contribution in [-0.4, -0.2) is 22.3 Å². The van der Waals surface area contributed by atoms with E-state index in [-0.39, 0.29) is 22.9 Å². The van der Waals surface area contributed by atoms with Crippen molar-refractivity contribution >= 4 is 11.6 Å². The molecule has 168 valence electrons. The predicted octanol–water partition coefficient (Wildman–Crippen LogP) is 5.81. The topological polar surface area (TPSA) is 56.2 Å². The maximum Gasteiger partial charge on any atom is 0.387 e. The number of fused-ring (bicyclic) bond motifs is 3. The monoisotopic (exact) mass is 447 g/mol. The van der Waals surface area contributed by atoms with Gasteiger partial charge in [0.2, 0.25) is 0 Å². The zero-order chi connectivity index (χ0) is 23.2. The smallest absolute Gasteiger partial charge is 0.387 e. The molecular formula is C23H21F4N3O2. The average molecular weight is 447 g/mol. The van der Waals surface area contributed by atoms with Gasteiger partial charge in [-0.05, 0) is 55.2 Å². The van der Waals surface area contributed by atoms with Crippen molar-refractivity contribution in [2.45, 2.75) is 45.6 Å². The summed E-state index contributed by atoms with van der Waals surface area (Å²) in [6.07, 6.45) is 0.446. The van der Waals surface area contributed by atoms with Crippen molar-refractivity contribution in [1.29, 1.82) is 0 Å². The maximum atomic E-state index is 13.6. The molecule has 5 nitrogen and oxygen atoms in total. The van der Waals surface area contributed by atoms with E-state index < -0.39 is 18.4 Å². The molecule has 0 bridgehead atoms. The maximum absolute atomic E-state index is 13.6. The minimum absolute atomic E-state index is 0.0588. The average Bonchev–Trinajstić information content (AvgIpc) is 3.03. The Labute approximate surface area is 182 Å². The van der Waals surface area contributed by atoms with E-state index in [1.54, 1.807) is 29.8 Å². The predicted molar refractivity (Wildman–Crippen MR) is 111 cm³/mol. The zero-order valence-corrected chi connectivity index (χ0v) is 17.6. The molecule has 1 N–H and O–H groups in total. The molecule has 1 unspecified atom stereocenters. The zero-order valence-electron chi connectivity index (χ0n) is 17.6. The van der Waals surface area contributed by atoms with Gasteiger partial charge >= 0.3 is 6.61 Å². The number of ether oxygens (including phenoxy) is 1. The van der Waals surface area contributed by atoms with Crippen LogP contribution in [0.5, 0.6) is 5.75 Å². The van der Waals surface area contributed by atoms with Crippen LogP contribution in [0.4, 0.5) is 23.2 Å². The van der Waals surface area contributed by atoms with Crippen LogP contribution >= 0.6 is 0 Å². The number of anilines is 1. The second-order valence-electron chi connectivity index (χ2n) is 7.95. The summed E-state index contributed by atoms with van der Waals surface area (Å²) in [6.45, 7) is 1.49. The van der Waals surface area contributed by atoms with Crippen LogP contribution in [0, 0.1) is 6.92 Å². The van der Waals surface area contributed by atoms with Crippen molar-refractivity contribution in [1.82, 2.24) is 9.78 Å². The van der Waals surface area contributed by atoms with Gasteiger partial charge in [0, 0.05) is 18.2 Å². The molecule has 0 saturated heterocycles. The summed E-state index contributed by atoms with van der Waals surface area (Å²) >= 11 is 0. The number of carbonyl (C=O) groups is 1. The standard InChI is InChI=1S/C23H21F4N3O2/c1-12-9-19-20(21(31)28-15-6-4-5-14(10-15)23(3,26)27)13(2)29-30(19)18-8-7-16(11-17(12)18)32-22(24)25/h4-8,10-12,22H,9H2,1-3H3,(H,28,31). The highest BCUT2D eigenvalue weighted by Crippen LogP contribution is 2.37. The molecular weight excluding hydrogens is 426 g/mol. The van der Waals surface area contributed by atoms with Gasteiger partial charge in [-0.1, -0.05) is 19.1 Å². The summed E-state index contributed by atoms with van der Waals surface area (Å²) in [6, 6.07) is 10.2. The van der Waals surface area contributed by atoms with E-state index in [0.717, 1.165) is 12.5 Å². The molecule has 0 spiro atoms. The number of nitrogens with zero attached hydrogens (tertiary/aromatic N) is 2. The SMILES string of the molecule is Cc1nn2c(c1C(=O)Nc1cccc(C(C)(F)F)c1)CC(C)c1cc(OC(F)F)ccc1-2. The highest BCUT2D eigenvalue weighted by Gasteiger charge is 2.30. The molecule has 0 saturated carbocycles. The van der Waals surface area contributed by atoms with Crippen molar-refractivity contribution in [3.8, 4) is 11.4 Å². The number of aryl methyl sites for hydroxylation is 1. The van der Waals surface area contributed by atoms with Crippen LogP contribution in [0.25, 0.3) is 5.69 Å². The molecule has 0 aliphatic carbocycles. The van der Waals surface area contributed by atoms with Gasteiger partial charge in [-0.2, -0.15) is 13.9 Å². The largest absolute Gasteiger partial charge is 0.435 e. The minimum atomic E-state index is -3.03. The number of hydrogen-bond donors (Lipinski definition) is 1. The van der Waals surface area contributed by atoms with E-state index in [9.17, 15) is 22.4 Å². The number of benzene rings is 2. The number of rotatable bonds is 5. The van der Waals surface area contributed by atoms with Gasteiger partial charge in [0.25, 0.3) is 11.8 Å². The summed E-state index contributed by atoms with van der Waals surface area (Å²) in [7, 11) is 0. The van der Waals surface area contributed by atoms with Gasteiger partial charge in [0.15, 0.2) is 0 Å². The quantitative estimate of drug-likeness (QED) is 0.503. The lowest BCUT2D eigenvalue weighted by molar-refractivity contribution is -0.0499. The molecule has 1 aliphatic heterocycles. The molecule has 2 heterocycles. The lowest BCUT2D eigenvalue weighted by Gasteiger charge is -2.25. The Kier molecular flexibility index (Phi) is 5.44. The third kappa shape index (κ3) is 4.06. The molecule has 4 rings (SSSR count). The summed E-state index contributed by atoms with van der Waals surface area (Å²) in [5.74, 6) is -3.50. The van der Waals surface area contributed by atoms with E-state index in [1.165, 1.54) is 24.3 Å². The second kappa shape index (κ2) is 7.96. The van der Waals surface area contributed by atoms with Gasteiger partial charge in [-0.15, -0.1) is 0 Å². The molecule has 1 atom stereocenters. The Morgan fingerprint density at radius 2 is 2.00 bits per heavy atom. The van der Waals surface area contributed by atoms with Crippen molar-refractivity contribution in [3.05, 3.63) is 70.5 Å². The molecule has 2 aromatic carbocycles. The fraction of sp³-hybridized carbons (Fsp3) is 0.304. The Morgan fingerprint density at radius 1 is 1.25 bits per heavy atom. The molecule has 3 aromatic rings. The normalized spacial score (nSPS) is 15.3. The van der Waals surface area contributed by atoms with Crippen LogP contribution in [0.1, 0.15) is 52.6 Å². The summed E-state index contributed by atoms with van der Waals surface area (Å²) in [5, 5.41) is 7.17. The van der Waals surface area contributed by atoms with Crippen molar-refractivity contribution in [2.75, 3.05) is 5.32 Å². The number of alkyl halides is 4. The van der Waals surface area contributed by atoms with E-state index in [1.807, 2.05) is 6.92 Å². The van der Waals surface area contributed by atoms with Crippen LogP contribution in [0.2, 0.25) is 0 Å². The van der Waals surface area contributed by atoms with Crippen LogP contribution in [-0.2, 0) is 12.3 Å². The number of nitrogens with one attached hydrogen (secondary N) is 1. The van der Waals surface area contributed by atoms with Crippen LogP contribution < -0.4 is 10.1 Å². The van der Waals surface area contributed by atoms with Crippen LogP contribution in [0.15, 0.2) is 42.5 Å². The fourth-order valence-electron chi connectivity index (χ4n) is 4.02. The molecule has 0 fully saturated rings. The Morgan fingerprint density at radius 3 is 2.69 bits per heavy atom. The fourth-order valence-corrected chi connectivity index (χ4v) is 4.02. The molecule has 1 aromatic heterocycles. The summed E-state index contributed by atoms with van der Waals surface area (Å²) in [5.41, 5.74) is 3.02. The van der Waals surface area contributed by atoms with Gasteiger partial charge in [0.05, 0.1) is 22.6 Å². The highest BCUT2D eigenvalue weighted by molar-refractivity contribution is 6.06. The first-order valence-electron chi connectivity index (χ1n) is 10.0. The van der Waals surface area contributed by atoms with Crippen molar-refractivity contribution < 1.29 is 27.1 Å². The van der Waals surface area contributed by atoms with E-state index >= 15 is 0 Å². The van der Waals surface area contributed by atoms with E-state index in [0.29, 0.717) is 29.1 Å². The third-order valence-electron chi connectivity index (χ3n) is 5.49. The molecule has 32 heavy (non-hydrogen) atoms. The molecule has 9 heteroatoms. The number of halogens is 4. The summed E-state index contributed by atoms with van der Waals surface area (Å²) < 4.78 is 58.6. The van der Waals surface area contributed by atoms with Crippen LogP contribution in [0.3, 0.4) is 0 Å². The number of carbonyl (C=O) groups excluding carboxylic acids is 1. The second-order valence-corrected chi connectivity index (χ2v) is 7.95. The first kappa shape index (κ1) is 21.9. The van der Waals surface area contributed by atoms with Gasteiger partial charge < -0.3 is 10.1 Å². The number of amides is 1. The lowest BCUT2D eigenvalue weighted by Crippen LogP contribution is -2.20. The number of hydrogen-bond acceptors (Lipinski definition) is 3. The van der Waals surface area contributed by atoms with Crippen molar-refractivity contribution in [2.24, 2.45) is 0 Å². The third-order valence-corrected chi connectivity index (χ3v) is 5.49. The Balaban J connectivity index is 1.68. The summed E-state index contributed by atoms with van der Waals surface area (Å²) in [4.78, 5) is 13.1. The molecule has 1 aliphatic rings. The van der Waals surface area contributed by atoms with E-state index in [2.05, 4.69) is 15.2 Å². The number of aromatic nitrogens is 2. The molecule has 1 amide bonds. The Bertz CT molecular complexity index is 1180. The highest BCUT2D eigenvalue weighted by atomic mass is 19.3. The van der Waals surface area contributed by atoms with Gasteiger partial charge in [-0.25, -0.2) is 13.5 Å². The van der Waals surface area contributed by atoms with Crippen molar-refractivity contribution in [3.63, 3.8) is 0 Å². The van der Waals surface area contributed by atoms with Gasteiger partial charge in [-0.3, -0.25) is 4.79 Å². The molecule has 0 radical (unpaired) electrons. The first-order valence-corrected chi connectivity index (χ1v) is 10.0. The lowest BCUT2D eigenvalue weighted by atomic mass is 9.89. The Hall–Kier alpha value is -3.36. The minimum Gasteiger partial charge on any atom is -0.435 e. The van der Waals surface area contributed by atoms with E-state index in [4.69, 9.17) is 0 Å².